The molecule has 1 aromatic carbocycles. The lowest BCUT2D eigenvalue weighted by atomic mass is 9.72. The molecule has 0 saturated heterocycles. The summed E-state index contributed by atoms with van der Waals surface area (Å²) in [7, 11) is 0. The van der Waals surface area contributed by atoms with E-state index in [0.29, 0.717) is 12.3 Å². The minimum atomic E-state index is -0.794. The van der Waals surface area contributed by atoms with Crippen LogP contribution in [0.25, 0.3) is 0 Å². The van der Waals surface area contributed by atoms with E-state index in [1.54, 1.807) is 0 Å². The van der Waals surface area contributed by atoms with E-state index >= 15 is 0 Å². The van der Waals surface area contributed by atoms with Crippen molar-refractivity contribution in [1.29, 1.82) is 0 Å². The van der Waals surface area contributed by atoms with Gasteiger partial charge in [-0.3, -0.25) is 4.90 Å². The lowest BCUT2D eigenvalue weighted by Gasteiger charge is -2.38. The molecule has 0 unspecified atom stereocenters. The van der Waals surface area contributed by atoms with Gasteiger partial charge in [-0.2, -0.15) is 0 Å². The summed E-state index contributed by atoms with van der Waals surface area (Å²) in [6.45, 7) is 7.16. The van der Waals surface area contributed by atoms with E-state index in [1.165, 1.54) is 19.3 Å². The highest BCUT2D eigenvalue weighted by Crippen LogP contribution is 2.41. The van der Waals surface area contributed by atoms with Crippen molar-refractivity contribution in [2.24, 2.45) is 5.92 Å². The fourth-order valence-electron chi connectivity index (χ4n) is 3.60. The summed E-state index contributed by atoms with van der Waals surface area (Å²) < 4.78 is 0. The molecule has 1 aliphatic rings. The van der Waals surface area contributed by atoms with Crippen LogP contribution >= 0.6 is 0 Å². The largest absolute Gasteiger partial charge is 0.384 e. The van der Waals surface area contributed by atoms with Gasteiger partial charge in [-0.1, -0.05) is 75.3 Å². The lowest BCUT2D eigenvalue weighted by Crippen LogP contribution is -2.36. The fourth-order valence-corrected chi connectivity index (χ4v) is 3.60. The maximum absolute atomic E-state index is 11.5. The molecular weight excluding hydrogens is 282 g/mol. The summed E-state index contributed by atoms with van der Waals surface area (Å²) in [6.07, 6.45) is 6.53. The molecule has 1 N–H and O–H groups in total. The smallest absolute Gasteiger partial charge is 0.103 e. The van der Waals surface area contributed by atoms with Crippen molar-refractivity contribution in [2.45, 2.75) is 58.0 Å². The molecule has 0 aromatic heterocycles. The summed E-state index contributed by atoms with van der Waals surface area (Å²) in [5.74, 6) is 6.88. The predicted molar refractivity (Wildman–Crippen MR) is 97.1 cm³/mol. The molecule has 1 fully saturated rings. The molecule has 126 valence electrons. The van der Waals surface area contributed by atoms with Crippen molar-refractivity contribution in [3.05, 3.63) is 35.9 Å². The van der Waals surface area contributed by atoms with Gasteiger partial charge in [0.2, 0.25) is 0 Å². The zero-order valence-corrected chi connectivity index (χ0v) is 14.7. The van der Waals surface area contributed by atoms with Crippen molar-refractivity contribution >= 4 is 0 Å². The van der Waals surface area contributed by atoms with Gasteiger partial charge in [0.05, 0.1) is 6.54 Å². The van der Waals surface area contributed by atoms with Gasteiger partial charge in [-0.05, 0) is 37.4 Å². The van der Waals surface area contributed by atoms with Crippen molar-refractivity contribution in [2.75, 3.05) is 19.6 Å². The molecule has 0 aliphatic heterocycles. The van der Waals surface area contributed by atoms with Crippen molar-refractivity contribution in [3.8, 4) is 11.8 Å². The zero-order chi connectivity index (χ0) is 16.5. The Morgan fingerprint density at radius 2 is 1.70 bits per heavy atom. The van der Waals surface area contributed by atoms with Crippen LogP contribution < -0.4 is 0 Å². The highest BCUT2D eigenvalue weighted by atomic mass is 16.3. The molecule has 2 nitrogen and oxygen atoms in total. The quantitative estimate of drug-likeness (QED) is 0.796. The van der Waals surface area contributed by atoms with Gasteiger partial charge in [-0.25, -0.2) is 0 Å². The summed E-state index contributed by atoms with van der Waals surface area (Å²) in [4.78, 5) is 2.30. The maximum atomic E-state index is 11.5. The second kappa shape index (κ2) is 9.11. The Kier molecular flexibility index (Phi) is 7.15. The third-order valence-electron chi connectivity index (χ3n) is 5.23. The van der Waals surface area contributed by atoms with E-state index in [2.05, 4.69) is 42.7 Å². The maximum Gasteiger partial charge on any atom is 0.103 e. The SMILES string of the molecule is CCN(CC)CC#CC[C@](O)(c1ccccc1)C1CCCCC1. The molecule has 2 rings (SSSR count). The lowest BCUT2D eigenvalue weighted by molar-refractivity contribution is -0.0344. The molecule has 0 spiro atoms. The van der Waals surface area contributed by atoms with Crippen LogP contribution in [0.3, 0.4) is 0 Å². The monoisotopic (exact) mass is 313 g/mol. The molecule has 0 radical (unpaired) electrons. The Labute approximate surface area is 141 Å². The zero-order valence-electron chi connectivity index (χ0n) is 14.7. The number of aliphatic hydroxyl groups is 1. The normalized spacial score (nSPS) is 18.3. The Balaban J connectivity index is 2.12. The Morgan fingerprint density at radius 1 is 1.04 bits per heavy atom. The second-order valence-corrected chi connectivity index (χ2v) is 6.62. The molecule has 1 atom stereocenters. The van der Waals surface area contributed by atoms with Crippen LogP contribution in [0.15, 0.2) is 30.3 Å². The van der Waals surface area contributed by atoms with Crippen molar-refractivity contribution < 1.29 is 5.11 Å². The number of hydrogen-bond acceptors (Lipinski definition) is 2. The first-order valence-electron chi connectivity index (χ1n) is 9.16. The highest BCUT2D eigenvalue weighted by Gasteiger charge is 2.38. The summed E-state index contributed by atoms with van der Waals surface area (Å²) in [5, 5.41) is 11.5. The fraction of sp³-hybridized carbons (Fsp3) is 0.619. The first-order chi connectivity index (χ1) is 11.2. The predicted octanol–water partition coefficient (Wildman–Crippen LogP) is 4.19. The Morgan fingerprint density at radius 3 is 2.30 bits per heavy atom. The minimum absolute atomic E-state index is 0.335. The van der Waals surface area contributed by atoms with Crippen LogP contribution in [0.5, 0.6) is 0 Å². The third-order valence-corrected chi connectivity index (χ3v) is 5.23. The number of nitrogens with zero attached hydrogens (tertiary/aromatic N) is 1. The van der Waals surface area contributed by atoms with Crippen molar-refractivity contribution in [3.63, 3.8) is 0 Å². The highest BCUT2D eigenvalue weighted by molar-refractivity contribution is 5.26. The first-order valence-corrected chi connectivity index (χ1v) is 9.16. The summed E-state index contributed by atoms with van der Waals surface area (Å²) >= 11 is 0. The molecule has 2 heteroatoms. The average Bonchev–Trinajstić information content (AvgIpc) is 2.63. The molecule has 0 heterocycles. The third kappa shape index (κ3) is 4.83. The van der Waals surface area contributed by atoms with Gasteiger partial charge >= 0.3 is 0 Å². The summed E-state index contributed by atoms with van der Waals surface area (Å²) in [5.41, 5.74) is 0.238. The van der Waals surface area contributed by atoms with Gasteiger partial charge < -0.3 is 5.11 Å². The average molecular weight is 313 g/mol. The van der Waals surface area contributed by atoms with Gasteiger partial charge in [0.15, 0.2) is 0 Å². The summed E-state index contributed by atoms with van der Waals surface area (Å²) in [6, 6.07) is 10.2. The molecule has 0 bridgehead atoms. The van der Waals surface area contributed by atoms with Gasteiger partial charge in [0, 0.05) is 6.42 Å². The number of rotatable bonds is 6. The Hall–Kier alpha value is -1.30. The molecule has 1 aliphatic carbocycles. The minimum Gasteiger partial charge on any atom is -0.384 e. The van der Waals surface area contributed by atoms with Crippen molar-refractivity contribution in [1.82, 2.24) is 4.90 Å². The van der Waals surface area contributed by atoms with Gasteiger partial charge in [0.1, 0.15) is 5.60 Å². The van der Waals surface area contributed by atoms with E-state index in [9.17, 15) is 5.11 Å². The van der Waals surface area contributed by atoms with Crippen LogP contribution in [0, 0.1) is 17.8 Å². The van der Waals surface area contributed by atoms with Crippen LogP contribution in [-0.4, -0.2) is 29.6 Å². The molecule has 23 heavy (non-hydrogen) atoms. The van der Waals surface area contributed by atoms with Gasteiger partial charge in [0.25, 0.3) is 0 Å². The Bertz CT molecular complexity index is 506. The molecule has 1 aromatic rings. The van der Waals surface area contributed by atoms with Crippen LogP contribution in [0.1, 0.15) is 57.9 Å². The standard InChI is InChI=1S/C21H31NO/c1-3-22(4-2)18-12-11-17-21(23,19-13-7-5-8-14-19)20-15-9-6-10-16-20/h5,7-8,13-14,20,23H,3-4,6,9-10,15-18H2,1-2H3/t21-/m0/s1. The van der Waals surface area contributed by atoms with Crippen LogP contribution in [0.2, 0.25) is 0 Å². The topological polar surface area (TPSA) is 23.5 Å². The molecule has 0 amide bonds. The molecule has 1 saturated carbocycles. The van der Waals surface area contributed by atoms with E-state index < -0.39 is 5.60 Å². The number of benzene rings is 1. The van der Waals surface area contributed by atoms with Crippen LogP contribution in [0.4, 0.5) is 0 Å². The van der Waals surface area contributed by atoms with E-state index in [0.717, 1.165) is 38.0 Å². The number of hydrogen-bond donors (Lipinski definition) is 1. The van der Waals surface area contributed by atoms with E-state index in [4.69, 9.17) is 0 Å². The first kappa shape index (κ1) is 18.0. The van der Waals surface area contributed by atoms with E-state index in [1.807, 2.05) is 18.2 Å². The second-order valence-electron chi connectivity index (χ2n) is 6.62. The van der Waals surface area contributed by atoms with Crippen LogP contribution in [-0.2, 0) is 5.60 Å². The van der Waals surface area contributed by atoms with Gasteiger partial charge in [-0.15, -0.1) is 0 Å². The molecular formula is C21H31NO. The van der Waals surface area contributed by atoms with E-state index in [-0.39, 0.29) is 0 Å².